The van der Waals surface area contributed by atoms with Crippen molar-refractivity contribution in [3.8, 4) is 17.0 Å². The van der Waals surface area contributed by atoms with E-state index in [-0.39, 0.29) is 11.6 Å². The van der Waals surface area contributed by atoms with E-state index >= 15 is 0 Å². The Morgan fingerprint density at radius 2 is 1.92 bits per heavy atom. The van der Waals surface area contributed by atoms with E-state index in [1.54, 1.807) is 19.3 Å². The summed E-state index contributed by atoms with van der Waals surface area (Å²) in [6, 6.07) is 10.3. The number of likely N-dealkylation sites (N-methyl/N-ethyl adjacent to an activating group) is 2. The summed E-state index contributed by atoms with van der Waals surface area (Å²) >= 11 is 0. The number of benzene rings is 2. The highest BCUT2D eigenvalue weighted by atomic mass is 16.6. The van der Waals surface area contributed by atoms with E-state index in [9.17, 15) is 14.9 Å². The predicted molar refractivity (Wildman–Crippen MR) is 152 cm³/mol. The molecule has 0 aliphatic carbocycles. The molecule has 2 heterocycles. The van der Waals surface area contributed by atoms with Gasteiger partial charge in [0.15, 0.2) is 0 Å². The molecule has 4 N–H and O–H groups in total. The Bertz CT molecular complexity index is 1500. The minimum absolute atomic E-state index is 0.0886. The van der Waals surface area contributed by atoms with E-state index in [2.05, 4.69) is 30.9 Å². The standard InChI is InChI=1S/C26H31N9O4/c1-27-26(36)31-20-15-29-25(32-24(20)17-14-28-18-9-7-6-8-16(17)18)30-19-12-22(35(37)38)21(13-23(19)39-5)34(4)11-10-33(2)3/h6-9,12-15,28H,10-11H2,1-5H3,(H2,27,31,36)(H,29,30,32). The number of amides is 2. The topological polar surface area (TPSA) is 154 Å². The van der Waals surface area contributed by atoms with Crippen LogP contribution in [0.3, 0.4) is 0 Å². The summed E-state index contributed by atoms with van der Waals surface area (Å²) in [5.41, 5.74) is 3.16. The van der Waals surface area contributed by atoms with Gasteiger partial charge in [0.25, 0.3) is 5.69 Å². The van der Waals surface area contributed by atoms with E-state index < -0.39 is 11.0 Å². The molecule has 2 aromatic carbocycles. The van der Waals surface area contributed by atoms with Gasteiger partial charge in [-0.2, -0.15) is 0 Å². The number of hydrogen-bond donors (Lipinski definition) is 4. The molecule has 0 saturated heterocycles. The minimum Gasteiger partial charge on any atom is -0.494 e. The van der Waals surface area contributed by atoms with Crippen molar-refractivity contribution < 1.29 is 14.5 Å². The zero-order valence-corrected chi connectivity index (χ0v) is 22.4. The van der Waals surface area contributed by atoms with Crippen LogP contribution in [-0.4, -0.2) is 79.2 Å². The number of aromatic nitrogens is 3. The van der Waals surface area contributed by atoms with Crippen molar-refractivity contribution in [2.75, 3.05) is 63.9 Å². The fraction of sp³-hybridized carbons (Fsp3) is 0.269. The highest BCUT2D eigenvalue weighted by molar-refractivity contribution is 6.00. The molecule has 204 valence electrons. The molecule has 2 amide bonds. The number of H-pyrrole nitrogens is 1. The van der Waals surface area contributed by atoms with Crippen LogP contribution in [0.2, 0.25) is 0 Å². The molecule has 4 rings (SSSR count). The number of urea groups is 1. The van der Waals surface area contributed by atoms with Gasteiger partial charge in [0.1, 0.15) is 17.1 Å². The van der Waals surface area contributed by atoms with Gasteiger partial charge in [0.2, 0.25) is 5.95 Å². The molecule has 13 nitrogen and oxygen atoms in total. The van der Waals surface area contributed by atoms with Gasteiger partial charge in [0, 0.05) is 62.0 Å². The lowest BCUT2D eigenvalue weighted by atomic mass is 10.1. The van der Waals surface area contributed by atoms with E-state index in [1.807, 2.05) is 48.2 Å². The van der Waals surface area contributed by atoms with Crippen molar-refractivity contribution in [2.24, 2.45) is 0 Å². The first-order valence-corrected chi connectivity index (χ1v) is 12.1. The summed E-state index contributed by atoms with van der Waals surface area (Å²) < 4.78 is 5.57. The van der Waals surface area contributed by atoms with Crippen molar-refractivity contribution in [3.63, 3.8) is 0 Å². The van der Waals surface area contributed by atoms with Gasteiger partial charge in [-0.3, -0.25) is 10.1 Å². The Hall–Kier alpha value is -4.91. The number of nitro benzene ring substituents is 1. The molecule has 4 aromatic rings. The number of hydrogen-bond acceptors (Lipinski definition) is 9. The number of anilines is 4. The summed E-state index contributed by atoms with van der Waals surface area (Å²) in [6.45, 7) is 1.30. The van der Waals surface area contributed by atoms with Crippen LogP contribution in [0, 0.1) is 10.1 Å². The molecule has 0 radical (unpaired) electrons. The first-order chi connectivity index (χ1) is 18.7. The maximum Gasteiger partial charge on any atom is 0.319 e. The van der Waals surface area contributed by atoms with E-state index in [0.29, 0.717) is 35.1 Å². The molecule has 39 heavy (non-hydrogen) atoms. The normalized spacial score (nSPS) is 10.9. The average molecular weight is 534 g/mol. The largest absolute Gasteiger partial charge is 0.494 e. The van der Waals surface area contributed by atoms with Crippen LogP contribution in [0.25, 0.3) is 22.2 Å². The number of carbonyl (C=O) groups is 1. The average Bonchev–Trinajstić information content (AvgIpc) is 3.36. The SMILES string of the molecule is CNC(=O)Nc1cnc(Nc2cc([N+](=O)[O-])c(N(C)CCN(C)C)cc2OC)nc1-c1c[nH]c2ccccc12. The second-order valence-electron chi connectivity index (χ2n) is 9.06. The fourth-order valence-corrected chi connectivity index (χ4v) is 4.06. The van der Waals surface area contributed by atoms with Crippen LogP contribution < -0.4 is 25.6 Å². The lowest BCUT2D eigenvalue weighted by Crippen LogP contribution is -2.29. The number of rotatable bonds is 10. The number of nitro groups is 1. The van der Waals surface area contributed by atoms with Crippen molar-refractivity contribution in [1.29, 1.82) is 0 Å². The molecule has 0 unspecified atom stereocenters. The Balaban J connectivity index is 1.76. The number of nitrogens with zero attached hydrogens (tertiary/aromatic N) is 5. The molecule has 0 fully saturated rings. The minimum atomic E-state index is -0.430. The second kappa shape index (κ2) is 11.6. The number of aromatic amines is 1. The third kappa shape index (κ3) is 5.99. The van der Waals surface area contributed by atoms with Crippen LogP contribution in [0.5, 0.6) is 5.75 Å². The number of ether oxygens (including phenoxy) is 1. The molecule has 0 spiro atoms. The van der Waals surface area contributed by atoms with E-state index in [4.69, 9.17) is 4.74 Å². The number of nitrogens with one attached hydrogen (secondary N) is 4. The maximum atomic E-state index is 12.1. The highest BCUT2D eigenvalue weighted by Crippen LogP contribution is 2.39. The van der Waals surface area contributed by atoms with Crippen LogP contribution in [0.1, 0.15) is 0 Å². The smallest absolute Gasteiger partial charge is 0.319 e. The van der Waals surface area contributed by atoms with Crippen molar-refractivity contribution in [3.05, 3.63) is 58.9 Å². The molecule has 0 saturated carbocycles. The lowest BCUT2D eigenvalue weighted by molar-refractivity contribution is -0.384. The third-order valence-electron chi connectivity index (χ3n) is 6.14. The Morgan fingerprint density at radius 1 is 1.15 bits per heavy atom. The summed E-state index contributed by atoms with van der Waals surface area (Å²) in [6.07, 6.45) is 3.28. The van der Waals surface area contributed by atoms with Crippen LogP contribution in [-0.2, 0) is 0 Å². The van der Waals surface area contributed by atoms with Crippen molar-refractivity contribution >= 4 is 45.6 Å². The predicted octanol–water partition coefficient (Wildman–Crippen LogP) is 4.03. The Kier molecular flexibility index (Phi) is 8.10. The zero-order chi connectivity index (χ0) is 28.1. The second-order valence-corrected chi connectivity index (χ2v) is 9.06. The van der Waals surface area contributed by atoms with E-state index in [1.165, 1.54) is 26.4 Å². The van der Waals surface area contributed by atoms with Crippen molar-refractivity contribution in [2.45, 2.75) is 0 Å². The molecule has 13 heteroatoms. The van der Waals surface area contributed by atoms with Gasteiger partial charge in [-0.25, -0.2) is 14.8 Å². The number of para-hydroxylation sites is 1. The first-order valence-electron chi connectivity index (χ1n) is 12.1. The van der Waals surface area contributed by atoms with Gasteiger partial charge in [-0.1, -0.05) is 18.2 Å². The van der Waals surface area contributed by atoms with Gasteiger partial charge in [-0.05, 0) is 20.2 Å². The lowest BCUT2D eigenvalue weighted by Gasteiger charge is -2.22. The Labute approximate surface area is 225 Å². The molecule has 0 aliphatic heterocycles. The van der Waals surface area contributed by atoms with E-state index in [0.717, 1.165) is 23.0 Å². The summed E-state index contributed by atoms with van der Waals surface area (Å²) in [5.74, 6) is 0.552. The first kappa shape index (κ1) is 27.1. The number of carbonyl (C=O) groups excluding carboxylic acids is 1. The van der Waals surface area contributed by atoms with Gasteiger partial charge in [0.05, 0.1) is 29.6 Å². The molecular formula is C26H31N9O4. The third-order valence-corrected chi connectivity index (χ3v) is 6.14. The zero-order valence-electron chi connectivity index (χ0n) is 22.4. The molecular weight excluding hydrogens is 502 g/mol. The van der Waals surface area contributed by atoms with Crippen LogP contribution in [0.4, 0.5) is 33.5 Å². The number of fused-ring (bicyclic) bond motifs is 1. The summed E-state index contributed by atoms with van der Waals surface area (Å²) in [4.78, 5) is 39.7. The molecule has 2 aromatic heterocycles. The number of methoxy groups -OCH3 is 1. The van der Waals surface area contributed by atoms with Gasteiger partial charge < -0.3 is 35.5 Å². The highest BCUT2D eigenvalue weighted by Gasteiger charge is 2.23. The monoisotopic (exact) mass is 533 g/mol. The fourth-order valence-electron chi connectivity index (χ4n) is 4.06. The van der Waals surface area contributed by atoms with Gasteiger partial charge >= 0.3 is 6.03 Å². The summed E-state index contributed by atoms with van der Waals surface area (Å²) in [5, 5.41) is 21.2. The molecule has 0 bridgehead atoms. The molecule has 0 atom stereocenters. The quantitative estimate of drug-likeness (QED) is 0.175. The summed E-state index contributed by atoms with van der Waals surface area (Å²) in [7, 11) is 8.68. The van der Waals surface area contributed by atoms with Gasteiger partial charge in [-0.15, -0.1) is 0 Å². The Morgan fingerprint density at radius 3 is 2.62 bits per heavy atom. The molecule has 0 aliphatic rings. The van der Waals surface area contributed by atoms with Crippen molar-refractivity contribution in [1.82, 2.24) is 25.2 Å². The van der Waals surface area contributed by atoms with Crippen LogP contribution >= 0.6 is 0 Å². The van der Waals surface area contributed by atoms with Crippen LogP contribution in [0.15, 0.2) is 48.8 Å². The maximum absolute atomic E-state index is 12.1.